The maximum Gasteiger partial charge on any atom is 0.229 e. The molecule has 1 aromatic carbocycles. The summed E-state index contributed by atoms with van der Waals surface area (Å²) in [6.07, 6.45) is 6.06. The first-order valence-electron chi connectivity index (χ1n) is 11.2. The van der Waals surface area contributed by atoms with E-state index in [-0.39, 0.29) is 29.4 Å². The van der Waals surface area contributed by atoms with Crippen LogP contribution in [0.15, 0.2) is 29.2 Å². The van der Waals surface area contributed by atoms with Crippen molar-refractivity contribution in [2.75, 3.05) is 7.11 Å². The molecule has 0 unspecified atom stereocenters. The molecule has 3 aromatic heterocycles. The van der Waals surface area contributed by atoms with Crippen molar-refractivity contribution in [1.29, 1.82) is 0 Å². The molecule has 1 aliphatic rings. The predicted molar refractivity (Wildman–Crippen MR) is 117 cm³/mol. The quantitative estimate of drug-likeness (QED) is 0.399. The minimum Gasteiger partial charge on any atom is -0.494 e. The van der Waals surface area contributed by atoms with E-state index in [9.17, 15) is 8.78 Å². The van der Waals surface area contributed by atoms with E-state index in [2.05, 4.69) is 25.2 Å². The fourth-order valence-corrected chi connectivity index (χ4v) is 4.16. The maximum atomic E-state index is 14.6. The van der Waals surface area contributed by atoms with Gasteiger partial charge in [0.2, 0.25) is 11.8 Å². The number of ether oxygens (including phenoxy) is 2. The van der Waals surface area contributed by atoms with E-state index in [0.717, 1.165) is 43.6 Å². The van der Waals surface area contributed by atoms with E-state index in [1.54, 1.807) is 0 Å². The molecule has 0 aliphatic heterocycles. The second-order valence-electron chi connectivity index (χ2n) is 8.65. The highest BCUT2D eigenvalue weighted by molar-refractivity contribution is 5.81. The molecule has 5 rings (SSSR count). The van der Waals surface area contributed by atoms with Crippen LogP contribution in [0.4, 0.5) is 8.78 Å². The summed E-state index contributed by atoms with van der Waals surface area (Å²) >= 11 is 0. The van der Waals surface area contributed by atoms with Gasteiger partial charge in [-0.3, -0.25) is 0 Å². The second kappa shape index (κ2) is 8.96. The van der Waals surface area contributed by atoms with Crippen LogP contribution in [0.3, 0.4) is 0 Å². The fraction of sp³-hybridized carbons (Fsp3) is 0.435. The van der Waals surface area contributed by atoms with E-state index < -0.39 is 11.6 Å². The molecule has 4 aromatic rings. The highest BCUT2D eigenvalue weighted by Gasteiger charge is 2.29. The van der Waals surface area contributed by atoms with Crippen molar-refractivity contribution in [2.24, 2.45) is 0 Å². The van der Waals surface area contributed by atoms with Gasteiger partial charge in [0, 0.05) is 24.0 Å². The summed E-state index contributed by atoms with van der Waals surface area (Å²) in [6, 6.07) is 2.00. The number of methoxy groups -OCH3 is 1. The van der Waals surface area contributed by atoms with E-state index in [0.29, 0.717) is 22.8 Å². The van der Waals surface area contributed by atoms with E-state index in [1.807, 2.05) is 13.8 Å². The molecule has 9 nitrogen and oxygen atoms in total. The average molecular weight is 470 g/mol. The van der Waals surface area contributed by atoms with Crippen LogP contribution in [0.5, 0.6) is 11.6 Å². The molecule has 11 heteroatoms. The zero-order valence-electron chi connectivity index (χ0n) is 19.0. The van der Waals surface area contributed by atoms with Gasteiger partial charge in [-0.15, -0.1) is 0 Å². The number of fused-ring (bicyclic) bond motifs is 1. The third kappa shape index (κ3) is 4.06. The Morgan fingerprint density at radius 1 is 1.09 bits per heavy atom. The maximum absolute atomic E-state index is 14.6. The predicted octanol–water partition coefficient (Wildman–Crippen LogP) is 4.71. The summed E-state index contributed by atoms with van der Waals surface area (Å²) in [7, 11) is 1.27. The second-order valence-corrected chi connectivity index (χ2v) is 8.65. The Morgan fingerprint density at radius 2 is 1.88 bits per heavy atom. The van der Waals surface area contributed by atoms with E-state index >= 15 is 0 Å². The van der Waals surface area contributed by atoms with Crippen molar-refractivity contribution in [3.05, 3.63) is 48.0 Å². The SMILES string of the molecule is COc1cc(F)c(-n2ncc3c(OC4CCC(c5nc(C(C)C)no5)CC4)ncnc32)cc1F. The van der Waals surface area contributed by atoms with Gasteiger partial charge >= 0.3 is 0 Å². The molecule has 0 atom stereocenters. The Bertz CT molecular complexity index is 1310. The summed E-state index contributed by atoms with van der Waals surface area (Å²) in [4.78, 5) is 13.0. The molecule has 0 amide bonds. The first kappa shape index (κ1) is 22.2. The van der Waals surface area contributed by atoms with Gasteiger partial charge in [0.1, 0.15) is 23.5 Å². The lowest BCUT2D eigenvalue weighted by Crippen LogP contribution is -2.24. The van der Waals surface area contributed by atoms with Crippen LogP contribution in [0.1, 0.15) is 63.1 Å². The average Bonchev–Trinajstić information content (AvgIpc) is 3.49. The molecule has 178 valence electrons. The molecular formula is C23H24F2N6O3. The summed E-state index contributed by atoms with van der Waals surface area (Å²) in [5.41, 5.74) is 0.230. The Labute approximate surface area is 194 Å². The van der Waals surface area contributed by atoms with Crippen LogP contribution in [0.25, 0.3) is 16.7 Å². The van der Waals surface area contributed by atoms with Crippen LogP contribution < -0.4 is 9.47 Å². The first-order chi connectivity index (χ1) is 16.4. The summed E-state index contributed by atoms with van der Waals surface area (Å²) in [5.74, 6) is 0.614. The van der Waals surface area contributed by atoms with E-state index in [1.165, 1.54) is 24.3 Å². The molecule has 0 radical (unpaired) electrons. The highest BCUT2D eigenvalue weighted by Crippen LogP contribution is 2.35. The largest absolute Gasteiger partial charge is 0.494 e. The molecule has 0 N–H and O–H groups in total. The smallest absolute Gasteiger partial charge is 0.229 e. The minimum atomic E-state index is -0.702. The van der Waals surface area contributed by atoms with Crippen LogP contribution in [0.2, 0.25) is 0 Å². The molecule has 1 aliphatic carbocycles. The number of hydrogen-bond acceptors (Lipinski definition) is 8. The minimum absolute atomic E-state index is 0.0552. The van der Waals surface area contributed by atoms with Crippen molar-refractivity contribution < 1.29 is 22.8 Å². The third-order valence-corrected chi connectivity index (χ3v) is 6.05. The molecular weight excluding hydrogens is 446 g/mol. The number of hydrogen-bond donors (Lipinski definition) is 0. The number of aromatic nitrogens is 6. The third-order valence-electron chi connectivity index (χ3n) is 6.05. The van der Waals surface area contributed by atoms with Gasteiger partial charge in [0.15, 0.2) is 28.9 Å². The van der Waals surface area contributed by atoms with Crippen LogP contribution in [-0.4, -0.2) is 43.1 Å². The standard InChI is InChI=1S/C23H24F2N6O3/c1-12(2)20-29-22(34-30-20)13-4-6-14(7-5-13)33-23-15-10-28-31(21(15)26-11-27-23)18-8-17(25)19(32-3)9-16(18)24/h8-14H,4-7H2,1-3H3. The molecule has 0 saturated heterocycles. The van der Waals surface area contributed by atoms with Crippen LogP contribution >= 0.6 is 0 Å². The zero-order valence-corrected chi connectivity index (χ0v) is 19.0. The van der Waals surface area contributed by atoms with Gasteiger partial charge in [-0.2, -0.15) is 10.1 Å². The van der Waals surface area contributed by atoms with Gasteiger partial charge in [-0.1, -0.05) is 19.0 Å². The number of benzene rings is 1. The lowest BCUT2D eigenvalue weighted by atomic mass is 9.87. The number of rotatable bonds is 6. The normalized spacial score (nSPS) is 18.5. The molecule has 3 heterocycles. The summed E-state index contributed by atoms with van der Waals surface area (Å²) in [5, 5.41) is 8.78. The zero-order chi connectivity index (χ0) is 23.8. The number of halogens is 2. The van der Waals surface area contributed by atoms with Gasteiger partial charge in [0.25, 0.3) is 0 Å². The Balaban J connectivity index is 1.33. The summed E-state index contributed by atoms with van der Waals surface area (Å²) < 4.78 is 46.5. The molecule has 0 bridgehead atoms. The fourth-order valence-electron chi connectivity index (χ4n) is 4.16. The van der Waals surface area contributed by atoms with Crippen LogP contribution in [-0.2, 0) is 0 Å². The Morgan fingerprint density at radius 3 is 2.59 bits per heavy atom. The van der Waals surface area contributed by atoms with Gasteiger partial charge in [-0.25, -0.2) is 23.4 Å². The lowest BCUT2D eigenvalue weighted by Gasteiger charge is -2.26. The molecule has 1 fully saturated rings. The van der Waals surface area contributed by atoms with E-state index in [4.69, 9.17) is 14.0 Å². The van der Waals surface area contributed by atoms with Gasteiger partial charge in [-0.05, 0) is 25.7 Å². The number of nitrogens with zero attached hydrogens (tertiary/aromatic N) is 6. The Hall–Kier alpha value is -3.63. The van der Waals surface area contributed by atoms with Crippen LogP contribution in [0, 0.1) is 11.6 Å². The van der Waals surface area contributed by atoms with Crippen molar-refractivity contribution >= 4 is 11.0 Å². The highest BCUT2D eigenvalue weighted by atomic mass is 19.1. The molecule has 34 heavy (non-hydrogen) atoms. The molecule has 0 spiro atoms. The van der Waals surface area contributed by atoms with Crippen molar-refractivity contribution in [2.45, 2.75) is 57.5 Å². The lowest BCUT2D eigenvalue weighted by molar-refractivity contribution is 0.135. The Kier molecular flexibility index (Phi) is 5.84. The summed E-state index contributed by atoms with van der Waals surface area (Å²) in [6.45, 7) is 4.06. The topological polar surface area (TPSA) is 101 Å². The van der Waals surface area contributed by atoms with Gasteiger partial charge in [0.05, 0.1) is 13.3 Å². The van der Waals surface area contributed by atoms with Crippen molar-refractivity contribution in [1.82, 2.24) is 29.9 Å². The van der Waals surface area contributed by atoms with Crippen molar-refractivity contribution in [3.63, 3.8) is 0 Å². The molecule has 1 saturated carbocycles. The van der Waals surface area contributed by atoms with Crippen molar-refractivity contribution in [3.8, 4) is 17.3 Å². The van der Waals surface area contributed by atoms with Gasteiger partial charge < -0.3 is 14.0 Å². The monoisotopic (exact) mass is 470 g/mol. The first-order valence-corrected chi connectivity index (χ1v) is 11.2.